The van der Waals surface area contributed by atoms with Crippen LogP contribution in [0.2, 0.25) is 0 Å². The van der Waals surface area contributed by atoms with Crippen LogP contribution in [0, 0.1) is 0 Å². The minimum atomic E-state index is -0.162. The van der Waals surface area contributed by atoms with Crippen LogP contribution in [-0.2, 0) is 16.0 Å². The fourth-order valence-electron chi connectivity index (χ4n) is 1.99. The molecule has 0 bridgehead atoms. The first kappa shape index (κ1) is 17.6. The highest BCUT2D eigenvalue weighted by molar-refractivity contribution is 8.00. The minimum Gasteiger partial charge on any atom is -0.355 e. The molecule has 0 radical (unpaired) electrons. The van der Waals surface area contributed by atoms with Gasteiger partial charge in [-0.3, -0.25) is 9.59 Å². The van der Waals surface area contributed by atoms with E-state index in [2.05, 4.69) is 16.7 Å². The second kappa shape index (κ2) is 8.74. The van der Waals surface area contributed by atoms with Gasteiger partial charge >= 0.3 is 0 Å². The van der Waals surface area contributed by atoms with Gasteiger partial charge in [0.05, 0.1) is 5.25 Å². The summed E-state index contributed by atoms with van der Waals surface area (Å²) in [7, 11) is 0. The summed E-state index contributed by atoms with van der Waals surface area (Å²) >= 11 is 3.21. The molecule has 122 valence electrons. The van der Waals surface area contributed by atoms with Crippen LogP contribution < -0.4 is 10.6 Å². The number of anilines is 1. The van der Waals surface area contributed by atoms with Crippen LogP contribution >= 0.6 is 23.1 Å². The van der Waals surface area contributed by atoms with Crippen molar-refractivity contribution in [2.75, 3.05) is 11.9 Å². The van der Waals surface area contributed by atoms with Crippen LogP contribution in [0.3, 0.4) is 0 Å². The molecule has 0 unspecified atom stereocenters. The predicted molar refractivity (Wildman–Crippen MR) is 97.1 cm³/mol. The van der Waals surface area contributed by atoms with E-state index >= 15 is 0 Å². The fraction of sp³-hybridized carbons (Fsp3) is 0.294. The first-order valence-electron chi connectivity index (χ1n) is 7.39. The van der Waals surface area contributed by atoms with Crippen LogP contribution in [0.4, 0.5) is 5.69 Å². The van der Waals surface area contributed by atoms with Crippen molar-refractivity contribution in [2.24, 2.45) is 0 Å². The SMILES string of the molecule is CC(=O)Nc1ccc(S[C@@H](C)C(=O)NCCc2cccs2)cc1. The van der Waals surface area contributed by atoms with E-state index in [9.17, 15) is 9.59 Å². The molecular formula is C17H20N2O2S2. The lowest BCUT2D eigenvalue weighted by atomic mass is 10.3. The molecule has 0 spiro atoms. The first-order chi connectivity index (χ1) is 11.0. The van der Waals surface area contributed by atoms with E-state index in [1.54, 1.807) is 11.3 Å². The van der Waals surface area contributed by atoms with E-state index in [0.717, 1.165) is 17.0 Å². The summed E-state index contributed by atoms with van der Waals surface area (Å²) in [5.41, 5.74) is 0.759. The van der Waals surface area contributed by atoms with Crippen molar-refractivity contribution in [3.63, 3.8) is 0 Å². The Bertz CT molecular complexity index is 639. The zero-order chi connectivity index (χ0) is 16.7. The van der Waals surface area contributed by atoms with Crippen molar-refractivity contribution in [1.82, 2.24) is 5.32 Å². The second-order valence-corrected chi connectivity index (χ2v) is 7.53. The van der Waals surface area contributed by atoms with Gasteiger partial charge in [-0.25, -0.2) is 0 Å². The molecule has 6 heteroatoms. The molecule has 2 amide bonds. The Kier molecular flexibility index (Phi) is 6.67. The predicted octanol–water partition coefficient (Wildman–Crippen LogP) is 3.55. The molecule has 2 N–H and O–H groups in total. The molecule has 1 heterocycles. The summed E-state index contributed by atoms with van der Waals surface area (Å²) in [6, 6.07) is 11.6. The maximum atomic E-state index is 12.1. The van der Waals surface area contributed by atoms with Gasteiger partial charge in [-0.2, -0.15) is 0 Å². The Labute approximate surface area is 144 Å². The number of carbonyl (C=O) groups is 2. The molecule has 0 aliphatic heterocycles. The number of thiophene rings is 1. The summed E-state index contributed by atoms with van der Waals surface area (Å²) in [5, 5.41) is 7.57. The second-order valence-electron chi connectivity index (χ2n) is 5.09. The molecule has 0 saturated heterocycles. The monoisotopic (exact) mass is 348 g/mol. The van der Waals surface area contributed by atoms with Crippen LogP contribution in [-0.4, -0.2) is 23.6 Å². The summed E-state index contributed by atoms with van der Waals surface area (Å²) in [5.74, 6) is -0.0543. The highest BCUT2D eigenvalue weighted by Gasteiger charge is 2.13. The minimum absolute atomic E-state index is 0.0393. The van der Waals surface area contributed by atoms with Crippen molar-refractivity contribution in [1.29, 1.82) is 0 Å². The number of hydrogen-bond acceptors (Lipinski definition) is 4. The average Bonchev–Trinajstić information content (AvgIpc) is 3.02. The molecule has 0 aliphatic carbocycles. The van der Waals surface area contributed by atoms with E-state index in [4.69, 9.17) is 0 Å². The van der Waals surface area contributed by atoms with Gasteiger partial charge < -0.3 is 10.6 Å². The van der Waals surface area contributed by atoms with Gasteiger partial charge in [0.25, 0.3) is 0 Å². The molecule has 1 aromatic heterocycles. The van der Waals surface area contributed by atoms with Gasteiger partial charge in [0.2, 0.25) is 11.8 Å². The van der Waals surface area contributed by atoms with E-state index in [1.807, 2.05) is 42.6 Å². The molecule has 0 aliphatic rings. The van der Waals surface area contributed by atoms with Crippen molar-refractivity contribution in [2.45, 2.75) is 30.4 Å². The Hall–Kier alpha value is -1.79. The molecule has 1 atom stereocenters. The topological polar surface area (TPSA) is 58.2 Å². The summed E-state index contributed by atoms with van der Waals surface area (Å²) in [6.07, 6.45) is 0.867. The normalized spacial score (nSPS) is 11.7. The quantitative estimate of drug-likeness (QED) is 0.753. The molecule has 0 saturated carbocycles. The number of hydrogen-bond donors (Lipinski definition) is 2. The van der Waals surface area contributed by atoms with Gasteiger partial charge in [0.1, 0.15) is 0 Å². The number of thioether (sulfide) groups is 1. The lowest BCUT2D eigenvalue weighted by Gasteiger charge is -2.12. The lowest BCUT2D eigenvalue weighted by molar-refractivity contribution is -0.120. The lowest BCUT2D eigenvalue weighted by Crippen LogP contribution is -2.32. The Morgan fingerprint density at radius 1 is 1.22 bits per heavy atom. The molecule has 1 aromatic carbocycles. The Balaban J connectivity index is 1.77. The average molecular weight is 348 g/mol. The molecular weight excluding hydrogens is 328 g/mol. The molecule has 4 nitrogen and oxygen atoms in total. The number of carbonyl (C=O) groups excluding carboxylic acids is 2. The van der Waals surface area contributed by atoms with E-state index < -0.39 is 0 Å². The molecule has 23 heavy (non-hydrogen) atoms. The number of benzene rings is 1. The maximum absolute atomic E-state index is 12.1. The van der Waals surface area contributed by atoms with Gasteiger partial charge in [-0.05, 0) is 49.1 Å². The first-order valence-corrected chi connectivity index (χ1v) is 9.15. The van der Waals surface area contributed by atoms with Crippen molar-refractivity contribution in [3.8, 4) is 0 Å². The van der Waals surface area contributed by atoms with Crippen molar-refractivity contribution < 1.29 is 9.59 Å². The van der Waals surface area contributed by atoms with Gasteiger partial charge in [-0.15, -0.1) is 23.1 Å². The van der Waals surface area contributed by atoms with E-state index in [0.29, 0.717) is 6.54 Å². The summed E-state index contributed by atoms with van der Waals surface area (Å²) in [4.78, 5) is 25.4. The van der Waals surface area contributed by atoms with E-state index in [-0.39, 0.29) is 17.1 Å². The van der Waals surface area contributed by atoms with Crippen LogP contribution in [0.15, 0.2) is 46.7 Å². The number of nitrogens with one attached hydrogen (secondary N) is 2. The summed E-state index contributed by atoms with van der Waals surface area (Å²) < 4.78 is 0. The number of amides is 2. The van der Waals surface area contributed by atoms with Crippen LogP contribution in [0.5, 0.6) is 0 Å². The van der Waals surface area contributed by atoms with Crippen LogP contribution in [0.1, 0.15) is 18.7 Å². The smallest absolute Gasteiger partial charge is 0.233 e. The largest absolute Gasteiger partial charge is 0.355 e. The van der Waals surface area contributed by atoms with Gasteiger partial charge in [-0.1, -0.05) is 6.07 Å². The van der Waals surface area contributed by atoms with Gasteiger partial charge in [0.15, 0.2) is 0 Å². The van der Waals surface area contributed by atoms with Crippen LogP contribution in [0.25, 0.3) is 0 Å². The molecule has 2 rings (SSSR count). The molecule has 2 aromatic rings. The third kappa shape index (κ3) is 6.08. The summed E-state index contributed by atoms with van der Waals surface area (Å²) in [6.45, 7) is 4.03. The highest BCUT2D eigenvalue weighted by Crippen LogP contribution is 2.24. The Morgan fingerprint density at radius 2 is 1.96 bits per heavy atom. The Morgan fingerprint density at radius 3 is 2.57 bits per heavy atom. The van der Waals surface area contributed by atoms with Crippen molar-refractivity contribution >= 4 is 40.6 Å². The zero-order valence-electron chi connectivity index (χ0n) is 13.2. The van der Waals surface area contributed by atoms with Crippen molar-refractivity contribution in [3.05, 3.63) is 46.7 Å². The van der Waals surface area contributed by atoms with Gasteiger partial charge in [0, 0.05) is 28.9 Å². The maximum Gasteiger partial charge on any atom is 0.233 e. The fourth-order valence-corrected chi connectivity index (χ4v) is 3.59. The third-order valence-electron chi connectivity index (χ3n) is 3.11. The van der Waals surface area contributed by atoms with E-state index in [1.165, 1.54) is 23.6 Å². The third-order valence-corrected chi connectivity index (χ3v) is 5.16. The zero-order valence-corrected chi connectivity index (χ0v) is 14.8. The highest BCUT2D eigenvalue weighted by atomic mass is 32.2. The number of rotatable bonds is 7. The molecule has 0 fully saturated rings. The standard InChI is InChI=1S/C17H20N2O2S2/c1-12(17(21)18-10-9-15-4-3-11-22-15)23-16-7-5-14(6-8-16)19-13(2)20/h3-8,11-12H,9-10H2,1-2H3,(H,18,21)(H,19,20)/t12-/m0/s1.